The molecule has 0 unspecified atom stereocenters. The lowest BCUT2D eigenvalue weighted by atomic mass is 10.3. The van der Waals surface area contributed by atoms with E-state index in [2.05, 4.69) is 5.32 Å². The van der Waals surface area contributed by atoms with Crippen molar-refractivity contribution >= 4 is 28.8 Å². The number of hydrogen-bond acceptors (Lipinski definition) is 3. The molecule has 6 nitrogen and oxygen atoms in total. The molecule has 0 fully saturated rings. The van der Waals surface area contributed by atoms with Gasteiger partial charge in [0.15, 0.2) is 0 Å². The van der Waals surface area contributed by atoms with Gasteiger partial charge in [-0.05, 0) is 0 Å². The monoisotopic (exact) mass is 295 g/mol. The van der Waals surface area contributed by atoms with Crippen molar-refractivity contribution < 1.29 is 4.79 Å². The lowest BCUT2D eigenvalue weighted by Crippen LogP contribution is -2.33. The molecule has 0 saturated heterocycles. The molecule has 0 spiro atoms. The van der Waals surface area contributed by atoms with Gasteiger partial charge in [-0.2, -0.15) is 0 Å². The summed E-state index contributed by atoms with van der Waals surface area (Å²) in [5.41, 5.74) is -1.33. The van der Waals surface area contributed by atoms with Crippen molar-refractivity contribution in [3.63, 3.8) is 0 Å². The first kappa shape index (κ1) is 9.96. The maximum atomic E-state index is 11.1. The third kappa shape index (κ3) is 1.97. The second-order valence-corrected chi connectivity index (χ2v) is 3.23. The molecule has 0 saturated carbocycles. The average molecular weight is 295 g/mol. The summed E-state index contributed by atoms with van der Waals surface area (Å²) >= 11 is 1.67. The number of amides is 1. The second kappa shape index (κ2) is 3.73. The van der Waals surface area contributed by atoms with E-state index in [9.17, 15) is 14.4 Å². The number of hydrogen-bond donors (Lipinski definition) is 2. The van der Waals surface area contributed by atoms with Crippen LogP contribution in [0.4, 0.5) is 0 Å². The average Bonchev–Trinajstić information content (AvgIpc) is 2.10. The van der Waals surface area contributed by atoms with E-state index in [0.29, 0.717) is 0 Å². The van der Waals surface area contributed by atoms with Crippen LogP contribution in [0.3, 0.4) is 0 Å². The predicted octanol–water partition coefficient (Wildman–Crippen LogP) is -0.906. The molecular formula is C6H6IN3O3. The maximum Gasteiger partial charge on any atom is 0.337 e. The predicted molar refractivity (Wildman–Crippen MR) is 54.1 cm³/mol. The molecule has 0 aliphatic heterocycles. The summed E-state index contributed by atoms with van der Waals surface area (Å²) in [7, 11) is 1.41. The zero-order valence-corrected chi connectivity index (χ0v) is 8.78. The Morgan fingerprint density at radius 1 is 1.62 bits per heavy atom. The number of halogens is 1. The van der Waals surface area contributed by atoms with Gasteiger partial charge in [-0.15, -0.1) is 0 Å². The van der Waals surface area contributed by atoms with Gasteiger partial charge in [0, 0.05) is 13.2 Å². The van der Waals surface area contributed by atoms with Gasteiger partial charge in [0.05, 0.1) is 22.9 Å². The van der Waals surface area contributed by atoms with Crippen LogP contribution in [0.15, 0.2) is 15.8 Å². The summed E-state index contributed by atoms with van der Waals surface area (Å²) < 4.78 is 1.10. The zero-order valence-electron chi connectivity index (χ0n) is 6.63. The van der Waals surface area contributed by atoms with Crippen molar-refractivity contribution in [3.05, 3.63) is 32.6 Å². The third-order valence-electron chi connectivity index (χ3n) is 1.37. The van der Waals surface area contributed by atoms with Crippen molar-refractivity contribution in [2.75, 3.05) is 7.05 Å². The zero-order chi connectivity index (χ0) is 10.0. The smallest absolute Gasteiger partial charge is 0.337 e. The molecule has 7 heteroatoms. The minimum Gasteiger partial charge on any atom is -0.355 e. The molecule has 0 aliphatic carbocycles. The minimum atomic E-state index is -0.683. The van der Waals surface area contributed by atoms with E-state index >= 15 is 0 Å². The first-order valence-electron chi connectivity index (χ1n) is 3.30. The highest BCUT2D eigenvalue weighted by atomic mass is 127. The van der Waals surface area contributed by atoms with Gasteiger partial charge in [0.2, 0.25) is 0 Å². The third-order valence-corrected chi connectivity index (χ3v) is 2.09. The first-order valence-corrected chi connectivity index (χ1v) is 4.27. The lowest BCUT2D eigenvalue weighted by molar-refractivity contribution is 0.0961. The van der Waals surface area contributed by atoms with E-state index in [1.54, 1.807) is 22.9 Å². The van der Waals surface area contributed by atoms with Crippen molar-refractivity contribution in [1.29, 1.82) is 0 Å². The molecule has 0 aliphatic rings. The molecular weight excluding hydrogens is 289 g/mol. The Balaban J connectivity index is 3.41. The van der Waals surface area contributed by atoms with Gasteiger partial charge >= 0.3 is 5.69 Å². The van der Waals surface area contributed by atoms with Gasteiger partial charge < -0.3 is 5.32 Å². The second-order valence-electron chi connectivity index (χ2n) is 2.19. The van der Waals surface area contributed by atoms with E-state index in [1.165, 1.54) is 13.2 Å². The largest absolute Gasteiger partial charge is 0.355 e. The number of nitrogens with zero attached hydrogens (tertiary/aromatic N) is 1. The number of aromatic amines is 1. The first-order chi connectivity index (χ1) is 6.06. The van der Waals surface area contributed by atoms with Crippen LogP contribution < -0.4 is 16.6 Å². The Morgan fingerprint density at radius 2 is 2.23 bits per heavy atom. The molecule has 0 bridgehead atoms. The van der Waals surface area contributed by atoms with Crippen LogP contribution in [-0.2, 0) is 0 Å². The fourth-order valence-corrected chi connectivity index (χ4v) is 1.14. The van der Waals surface area contributed by atoms with Gasteiger partial charge in [-0.3, -0.25) is 14.6 Å². The number of aromatic nitrogens is 2. The summed E-state index contributed by atoms with van der Waals surface area (Å²) in [6.07, 6.45) is 1.18. The van der Waals surface area contributed by atoms with Crippen LogP contribution >= 0.6 is 22.9 Å². The number of carbonyl (C=O) groups is 1. The van der Waals surface area contributed by atoms with E-state index in [0.717, 1.165) is 2.78 Å². The van der Waals surface area contributed by atoms with Crippen LogP contribution in [-0.4, -0.2) is 20.7 Å². The summed E-state index contributed by atoms with van der Waals surface area (Å²) in [6, 6.07) is 0. The molecule has 1 aromatic rings. The number of nitrogens with one attached hydrogen (secondary N) is 2. The van der Waals surface area contributed by atoms with Crippen molar-refractivity contribution in [1.82, 2.24) is 13.1 Å². The number of rotatable bonds is 1. The van der Waals surface area contributed by atoms with Crippen LogP contribution in [0, 0.1) is 0 Å². The summed E-state index contributed by atoms with van der Waals surface area (Å²) in [5.74, 6) is -0.522. The fourth-order valence-electron chi connectivity index (χ4n) is 0.745. The topological polar surface area (TPSA) is 84.0 Å². The fraction of sp³-hybridized carbons (Fsp3) is 0.167. The van der Waals surface area contributed by atoms with Crippen LogP contribution in [0.25, 0.3) is 0 Å². The van der Waals surface area contributed by atoms with Gasteiger partial charge in [0.1, 0.15) is 5.56 Å². The molecule has 0 radical (unpaired) electrons. The summed E-state index contributed by atoms with van der Waals surface area (Å²) in [5, 5.41) is 2.29. The molecule has 0 aromatic carbocycles. The normalized spacial score (nSPS) is 9.69. The Hall–Kier alpha value is -1.12. The number of carbonyl (C=O) groups excluding carboxylic acids is 1. The van der Waals surface area contributed by atoms with Crippen LogP contribution in [0.5, 0.6) is 0 Å². The Bertz CT molecular complexity index is 447. The van der Waals surface area contributed by atoms with Crippen LogP contribution in [0.1, 0.15) is 10.4 Å². The number of H-pyrrole nitrogens is 1. The SMILES string of the molecule is CNC(=O)c1cn(I)c(=O)[nH]c1=O. The lowest BCUT2D eigenvalue weighted by Gasteiger charge is -1.98. The quantitative estimate of drug-likeness (QED) is 0.658. The summed E-state index contributed by atoms with van der Waals surface area (Å²) in [4.78, 5) is 35.0. The Kier molecular flexibility index (Phi) is 2.86. The highest BCUT2D eigenvalue weighted by Crippen LogP contribution is 1.90. The molecule has 1 aromatic heterocycles. The summed E-state index contributed by atoms with van der Waals surface area (Å²) in [6.45, 7) is 0. The molecule has 1 heterocycles. The molecule has 1 rings (SSSR count). The van der Waals surface area contributed by atoms with E-state index < -0.39 is 17.2 Å². The van der Waals surface area contributed by atoms with E-state index in [1.807, 2.05) is 4.98 Å². The van der Waals surface area contributed by atoms with Crippen molar-refractivity contribution in [3.8, 4) is 0 Å². The standard InChI is InChI=1S/C6H6IN3O3/c1-8-4(11)3-2-10(7)6(13)9-5(3)12/h2H,1H3,(H,8,11)(H,9,12,13). The van der Waals surface area contributed by atoms with Gasteiger partial charge in [0.25, 0.3) is 11.5 Å². The van der Waals surface area contributed by atoms with Crippen LogP contribution in [0.2, 0.25) is 0 Å². The molecule has 70 valence electrons. The van der Waals surface area contributed by atoms with E-state index in [-0.39, 0.29) is 5.56 Å². The highest BCUT2D eigenvalue weighted by Gasteiger charge is 2.09. The molecule has 0 atom stereocenters. The van der Waals surface area contributed by atoms with Gasteiger partial charge in [-0.25, -0.2) is 7.58 Å². The Morgan fingerprint density at radius 3 is 2.77 bits per heavy atom. The maximum absolute atomic E-state index is 11.1. The minimum absolute atomic E-state index is 0.0866. The molecule has 1 amide bonds. The van der Waals surface area contributed by atoms with Gasteiger partial charge in [-0.1, -0.05) is 0 Å². The Labute approximate surface area is 86.5 Å². The van der Waals surface area contributed by atoms with Crippen molar-refractivity contribution in [2.45, 2.75) is 0 Å². The molecule has 2 N–H and O–H groups in total. The molecule has 13 heavy (non-hydrogen) atoms. The highest BCUT2D eigenvalue weighted by molar-refractivity contribution is 14.1. The van der Waals surface area contributed by atoms with E-state index in [4.69, 9.17) is 0 Å². The van der Waals surface area contributed by atoms with Crippen molar-refractivity contribution in [2.24, 2.45) is 0 Å².